The smallest absolute Gasteiger partial charge is 0.255 e. The van der Waals surface area contributed by atoms with Gasteiger partial charge < -0.3 is 10.6 Å². The van der Waals surface area contributed by atoms with Gasteiger partial charge in [-0.1, -0.05) is 0 Å². The molecule has 0 saturated heterocycles. The Balaban J connectivity index is 3.18. The lowest BCUT2D eigenvalue weighted by Crippen LogP contribution is -2.22. The molecule has 0 unspecified atom stereocenters. The van der Waals surface area contributed by atoms with Gasteiger partial charge in [-0.15, -0.1) is 0 Å². The second-order valence-corrected chi connectivity index (χ2v) is 3.16. The number of aldehydes is 1. The SMILES string of the molecule is CN(C)C(=O)c1cc(C=O)ccc1N. The van der Waals surface area contributed by atoms with Gasteiger partial charge >= 0.3 is 0 Å². The van der Waals surface area contributed by atoms with Crippen LogP contribution in [0.5, 0.6) is 0 Å². The van der Waals surface area contributed by atoms with Crippen LogP contribution in [0.3, 0.4) is 0 Å². The quantitative estimate of drug-likeness (QED) is 0.556. The molecule has 0 heterocycles. The molecule has 0 aliphatic heterocycles. The monoisotopic (exact) mass is 192 g/mol. The summed E-state index contributed by atoms with van der Waals surface area (Å²) in [6, 6.07) is 4.62. The first-order valence-corrected chi connectivity index (χ1v) is 4.12. The molecule has 0 aromatic heterocycles. The number of anilines is 1. The molecule has 0 bridgehead atoms. The number of benzene rings is 1. The normalized spacial score (nSPS) is 9.57. The first kappa shape index (κ1) is 10.2. The van der Waals surface area contributed by atoms with E-state index >= 15 is 0 Å². The number of nitrogens with zero attached hydrogens (tertiary/aromatic N) is 1. The molecular weight excluding hydrogens is 180 g/mol. The van der Waals surface area contributed by atoms with Crippen molar-refractivity contribution in [2.24, 2.45) is 0 Å². The molecule has 0 fully saturated rings. The molecule has 1 rings (SSSR count). The van der Waals surface area contributed by atoms with Crippen molar-refractivity contribution in [3.8, 4) is 0 Å². The molecule has 4 nitrogen and oxygen atoms in total. The summed E-state index contributed by atoms with van der Waals surface area (Å²) in [5.74, 6) is -0.203. The predicted molar refractivity (Wildman–Crippen MR) is 54.3 cm³/mol. The highest BCUT2D eigenvalue weighted by Crippen LogP contribution is 2.14. The van der Waals surface area contributed by atoms with E-state index in [9.17, 15) is 9.59 Å². The summed E-state index contributed by atoms with van der Waals surface area (Å²) in [6.45, 7) is 0. The lowest BCUT2D eigenvalue weighted by molar-refractivity contribution is 0.0828. The Morgan fingerprint density at radius 1 is 1.43 bits per heavy atom. The van der Waals surface area contributed by atoms with Gasteiger partial charge in [0.15, 0.2) is 0 Å². The van der Waals surface area contributed by atoms with Crippen LogP contribution in [0.15, 0.2) is 18.2 Å². The zero-order chi connectivity index (χ0) is 10.7. The molecule has 1 aromatic carbocycles. The standard InChI is InChI=1S/C10H12N2O2/c1-12(2)10(14)8-5-7(6-13)3-4-9(8)11/h3-6H,11H2,1-2H3. The molecule has 1 amide bonds. The number of carbonyl (C=O) groups excluding carboxylic acids is 2. The summed E-state index contributed by atoms with van der Waals surface area (Å²) in [7, 11) is 3.27. The van der Waals surface area contributed by atoms with E-state index in [1.165, 1.54) is 11.0 Å². The summed E-state index contributed by atoms with van der Waals surface area (Å²) < 4.78 is 0. The van der Waals surface area contributed by atoms with Crippen LogP contribution in [0, 0.1) is 0 Å². The van der Waals surface area contributed by atoms with E-state index in [0.717, 1.165) is 0 Å². The fraction of sp³-hybridized carbons (Fsp3) is 0.200. The van der Waals surface area contributed by atoms with Gasteiger partial charge in [-0.05, 0) is 18.2 Å². The van der Waals surface area contributed by atoms with Gasteiger partial charge in [0.25, 0.3) is 5.91 Å². The van der Waals surface area contributed by atoms with E-state index in [-0.39, 0.29) is 5.91 Å². The average Bonchev–Trinajstić information content (AvgIpc) is 2.17. The second-order valence-electron chi connectivity index (χ2n) is 3.16. The number of hydrogen-bond acceptors (Lipinski definition) is 3. The Morgan fingerprint density at radius 2 is 2.07 bits per heavy atom. The second kappa shape index (κ2) is 3.91. The third-order valence-electron chi connectivity index (χ3n) is 1.85. The van der Waals surface area contributed by atoms with E-state index in [0.29, 0.717) is 23.1 Å². The molecule has 0 radical (unpaired) electrons. The van der Waals surface area contributed by atoms with Gasteiger partial charge in [-0.25, -0.2) is 0 Å². The van der Waals surface area contributed by atoms with Crippen molar-refractivity contribution in [3.05, 3.63) is 29.3 Å². The van der Waals surface area contributed by atoms with E-state index in [1.807, 2.05) is 0 Å². The van der Waals surface area contributed by atoms with E-state index < -0.39 is 0 Å². The molecule has 0 aliphatic carbocycles. The Hall–Kier alpha value is -1.84. The van der Waals surface area contributed by atoms with Crippen LogP contribution in [-0.4, -0.2) is 31.2 Å². The number of carbonyl (C=O) groups is 2. The molecule has 1 aromatic rings. The lowest BCUT2D eigenvalue weighted by atomic mass is 10.1. The molecule has 0 spiro atoms. The van der Waals surface area contributed by atoms with Gasteiger partial charge in [0.1, 0.15) is 6.29 Å². The summed E-state index contributed by atoms with van der Waals surface area (Å²) in [6.07, 6.45) is 0.686. The summed E-state index contributed by atoms with van der Waals surface area (Å²) in [5.41, 5.74) is 6.81. The zero-order valence-corrected chi connectivity index (χ0v) is 8.15. The van der Waals surface area contributed by atoms with Crippen molar-refractivity contribution >= 4 is 17.9 Å². The van der Waals surface area contributed by atoms with Gasteiger partial charge in [0.05, 0.1) is 5.56 Å². The van der Waals surface area contributed by atoms with Crippen LogP contribution >= 0.6 is 0 Å². The number of rotatable bonds is 2. The maximum Gasteiger partial charge on any atom is 0.255 e. The molecule has 74 valence electrons. The minimum Gasteiger partial charge on any atom is -0.398 e. The summed E-state index contributed by atoms with van der Waals surface area (Å²) in [4.78, 5) is 23.5. The summed E-state index contributed by atoms with van der Waals surface area (Å²) >= 11 is 0. The fourth-order valence-corrected chi connectivity index (χ4v) is 1.07. The average molecular weight is 192 g/mol. The zero-order valence-electron chi connectivity index (χ0n) is 8.15. The van der Waals surface area contributed by atoms with Crippen LogP contribution in [-0.2, 0) is 0 Å². The Bertz CT molecular complexity index is 372. The highest BCUT2D eigenvalue weighted by Gasteiger charge is 2.11. The predicted octanol–water partition coefficient (Wildman–Crippen LogP) is 0.783. The highest BCUT2D eigenvalue weighted by atomic mass is 16.2. The van der Waals surface area contributed by atoms with Crippen LogP contribution in [0.4, 0.5) is 5.69 Å². The maximum absolute atomic E-state index is 11.6. The van der Waals surface area contributed by atoms with Gasteiger partial charge in [0, 0.05) is 25.3 Å². The van der Waals surface area contributed by atoms with Crippen molar-refractivity contribution in [2.75, 3.05) is 19.8 Å². The maximum atomic E-state index is 11.6. The van der Waals surface area contributed by atoms with Crippen LogP contribution < -0.4 is 5.73 Å². The third kappa shape index (κ3) is 1.90. The lowest BCUT2D eigenvalue weighted by Gasteiger charge is -2.12. The minimum absolute atomic E-state index is 0.203. The van der Waals surface area contributed by atoms with Crippen LogP contribution in [0.25, 0.3) is 0 Å². The van der Waals surface area contributed by atoms with Crippen LogP contribution in [0.2, 0.25) is 0 Å². The molecule has 14 heavy (non-hydrogen) atoms. The molecule has 0 aliphatic rings. The molecule has 0 atom stereocenters. The number of nitrogens with two attached hydrogens (primary N) is 1. The first-order valence-electron chi connectivity index (χ1n) is 4.12. The molecular formula is C10H12N2O2. The van der Waals surface area contributed by atoms with Crippen molar-refractivity contribution in [2.45, 2.75) is 0 Å². The topological polar surface area (TPSA) is 63.4 Å². The van der Waals surface area contributed by atoms with E-state index in [2.05, 4.69) is 0 Å². The van der Waals surface area contributed by atoms with Crippen molar-refractivity contribution in [3.63, 3.8) is 0 Å². The summed E-state index contributed by atoms with van der Waals surface area (Å²) in [5, 5.41) is 0. The third-order valence-corrected chi connectivity index (χ3v) is 1.85. The number of amides is 1. The van der Waals surface area contributed by atoms with Crippen molar-refractivity contribution in [1.82, 2.24) is 4.90 Å². The largest absolute Gasteiger partial charge is 0.398 e. The molecule has 0 saturated carbocycles. The van der Waals surface area contributed by atoms with E-state index in [4.69, 9.17) is 5.73 Å². The fourth-order valence-electron chi connectivity index (χ4n) is 1.07. The molecule has 4 heteroatoms. The highest BCUT2D eigenvalue weighted by molar-refractivity contribution is 6.00. The van der Waals surface area contributed by atoms with Gasteiger partial charge in [-0.2, -0.15) is 0 Å². The Kier molecular flexibility index (Phi) is 2.86. The number of nitrogen functional groups attached to an aromatic ring is 1. The van der Waals surface area contributed by atoms with Crippen molar-refractivity contribution in [1.29, 1.82) is 0 Å². The van der Waals surface area contributed by atoms with Gasteiger partial charge in [0.2, 0.25) is 0 Å². The van der Waals surface area contributed by atoms with Crippen LogP contribution in [0.1, 0.15) is 20.7 Å². The van der Waals surface area contributed by atoms with E-state index in [1.54, 1.807) is 26.2 Å². The number of hydrogen-bond donors (Lipinski definition) is 1. The Morgan fingerprint density at radius 3 is 2.57 bits per heavy atom. The Labute approximate surface area is 82.3 Å². The minimum atomic E-state index is -0.203. The van der Waals surface area contributed by atoms with Gasteiger partial charge in [-0.3, -0.25) is 9.59 Å². The molecule has 2 N–H and O–H groups in total. The van der Waals surface area contributed by atoms with Crippen molar-refractivity contribution < 1.29 is 9.59 Å². The first-order chi connectivity index (χ1) is 6.56.